The van der Waals surface area contributed by atoms with Crippen LogP contribution in [0.15, 0.2) is 42.5 Å². The molecule has 34 heavy (non-hydrogen) atoms. The zero-order chi connectivity index (χ0) is 25.1. The summed E-state index contributed by atoms with van der Waals surface area (Å²) in [5, 5.41) is 8.14. The van der Waals surface area contributed by atoms with Crippen LogP contribution in [0.1, 0.15) is 51.2 Å². The zero-order valence-corrected chi connectivity index (χ0v) is 20.6. The van der Waals surface area contributed by atoms with Crippen LogP contribution in [0.2, 0.25) is 0 Å². The van der Waals surface area contributed by atoms with Gasteiger partial charge < -0.3 is 25.4 Å². The van der Waals surface area contributed by atoms with Crippen molar-refractivity contribution in [3.05, 3.63) is 53.6 Å². The minimum atomic E-state index is -0.593. The molecule has 0 fully saturated rings. The normalized spacial score (nSPS) is 10.9. The van der Waals surface area contributed by atoms with Crippen molar-refractivity contribution in [2.45, 2.75) is 59.5 Å². The summed E-state index contributed by atoms with van der Waals surface area (Å²) < 4.78 is 11.0. The van der Waals surface area contributed by atoms with E-state index in [1.165, 1.54) is 0 Å². The van der Waals surface area contributed by atoms with Crippen LogP contribution in [0.4, 0.5) is 16.2 Å². The van der Waals surface area contributed by atoms with Crippen molar-refractivity contribution in [2.75, 3.05) is 23.8 Å². The van der Waals surface area contributed by atoms with Crippen molar-refractivity contribution < 1.29 is 23.9 Å². The fourth-order valence-electron chi connectivity index (χ4n) is 3.15. The van der Waals surface area contributed by atoms with Crippen LogP contribution in [0.3, 0.4) is 0 Å². The number of carbonyl (C=O) groups excluding carboxylic acids is 3. The van der Waals surface area contributed by atoms with Gasteiger partial charge in [-0.05, 0) is 70.4 Å². The van der Waals surface area contributed by atoms with Gasteiger partial charge in [0.25, 0.3) is 0 Å². The number of rotatable bonds is 10. The van der Waals surface area contributed by atoms with E-state index in [4.69, 9.17) is 9.47 Å². The summed E-state index contributed by atoms with van der Waals surface area (Å²) in [6.07, 6.45) is 0.429. The number of carbonyl (C=O) groups is 3. The van der Waals surface area contributed by atoms with Crippen LogP contribution in [-0.2, 0) is 14.3 Å². The second kappa shape index (κ2) is 12.6. The number of ether oxygens (including phenoxy) is 2. The minimum absolute atomic E-state index is 0.0934. The Labute approximate surface area is 201 Å². The number of amides is 3. The molecule has 2 aromatic carbocycles. The van der Waals surface area contributed by atoms with E-state index in [2.05, 4.69) is 16.0 Å². The molecule has 2 rings (SSSR count). The molecule has 0 atom stereocenters. The van der Waals surface area contributed by atoms with E-state index < -0.39 is 11.7 Å². The third kappa shape index (κ3) is 9.94. The lowest BCUT2D eigenvalue weighted by Gasteiger charge is -2.19. The third-order valence-electron chi connectivity index (χ3n) is 4.65. The lowest BCUT2D eigenvalue weighted by Crippen LogP contribution is -2.34. The SMILES string of the molecule is Cc1cccc(C)c1OCCCC(=O)Nc1cccc(NC(=O)CCNC(=O)OC(C)(C)C)c1. The summed E-state index contributed by atoms with van der Waals surface area (Å²) in [6, 6.07) is 12.9. The molecule has 3 N–H and O–H groups in total. The van der Waals surface area contributed by atoms with Crippen molar-refractivity contribution >= 4 is 29.3 Å². The van der Waals surface area contributed by atoms with E-state index in [-0.39, 0.29) is 24.8 Å². The lowest BCUT2D eigenvalue weighted by atomic mass is 10.1. The number of benzene rings is 2. The van der Waals surface area contributed by atoms with Gasteiger partial charge >= 0.3 is 6.09 Å². The smallest absolute Gasteiger partial charge is 0.407 e. The Morgan fingerprint density at radius 2 is 1.41 bits per heavy atom. The van der Waals surface area contributed by atoms with E-state index in [1.54, 1.807) is 45.0 Å². The van der Waals surface area contributed by atoms with Crippen molar-refractivity contribution in [3.63, 3.8) is 0 Å². The maximum atomic E-state index is 12.3. The standard InChI is InChI=1S/C26H35N3O5/c1-18-9-6-10-19(2)24(18)33-16-8-13-22(30)28-20-11-7-12-21(17-20)29-23(31)14-15-27-25(32)34-26(3,4)5/h6-7,9-12,17H,8,13-16H2,1-5H3,(H,27,32)(H,28,30)(H,29,31). The summed E-state index contributed by atoms with van der Waals surface area (Å²) in [6.45, 7) is 9.91. The number of para-hydroxylation sites is 1. The Hall–Kier alpha value is -3.55. The van der Waals surface area contributed by atoms with Crippen molar-refractivity contribution in [2.24, 2.45) is 0 Å². The number of anilines is 2. The molecule has 2 aromatic rings. The summed E-state index contributed by atoms with van der Waals surface area (Å²) in [5.41, 5.74) is 2.70. The van der Waals surface area contributed by atoms with Crippen LogP contribution in [0.25, 0.3) is 0 Å². The molecule has 0 bridgehead atoms. The summed E-state index contributed by atoms with van der Waals surface area (Å²) in [4.78, 5) is 36.1. The van der Waals surface area contributed by atoms with Crippen LogP contribution in [0, 0.1) is 13.8 Å². The second-order valence-corrected chi connectivity index (χ2v) is 9.03. The molecule has 184 valence electrons. The highest BCUT2D eigenvalue weighted by molar-refractivity contribution is 5.94. The molecule has 8 nitrogen and oxygen atoms in total. The fraction of sp³-hybridized carbons (Fsp3) is 0.423. The first-order chi connectivity index (χ1) is 16.0. The highest BCUT2D eigenvalue weighted by atomic mass is 16.6. The molecule has 0 aliphatic heterocycles. The molecule has 0 aliphatic rings. The molecule has 3 amide bonds. The molecule has 8 heteroatoms. The topological polar surface area (TPSA) is 106 Å². The van der Waals surface area contributed by atoms with Gasteiger partial charge in [-0.2, -0.15) is 0 Å². The molecule has 0 spiro atoms. The molecule has 0 unspecified atom stereocenters. The fourth-order valence-corrected chi connectivity index (χ4v) is 3.15. The highest BCUT2D eigenvalue weighted by Crippen LogP contribution is 2.22. The Morgan fingerprint density at radius 1 is 0.853 bits per heavy atom. The second-order valence-electron chi connectivity index (χ2n) is 9.03. The van der Waals surface area contributed by atoms with Gasteiger partial charge in [0.2, 0.25) is 11.8 Å². The van der Waals surface area contributed by atoms with Gasteiger partial charge in [-0.3, -0.25) is 9.59 Å². The maximum absolute atomic E-state index is 12.3. The van der Waals surface area contributed by atoms with Crippen molar-refractivity contribution in [3.8, 4) is 5.75 Å². The Balaban J connectivity index is 1.72. The van der Waals surface area contributed by atoms with E-state index >= 15 is 0 Å². The third-order valence-corrected chi connectivity index (χ3v) is 4.65. The van der Waals surface area contributed by atoms with Gasteiger partial charge in [0, 0.05) is 30.8 Å². The largest absolute Gasteiger partial charge is 0.493 e. The number of hydrogen-bond acceptors (Lipinski definition) is 5. The first-order valence-corrected chi connectivity index (χ1v) is 11.4. The van der Waals surface area contributed by atoms with Gasteiger partial charge in [0.1, 0.15) is 11.4 Å². The van der Waals surface area contributed by atoms with Crippen molar-refractivity contribution in [1.29, 1.82) is 0 Å². The molecule has 0 heterocycles. The molecule has 0 saturated heterocycles. The monoisotopic (exact) mass is 469 g/mol. The summed E-state index contributed by atoms with van der Waals surface area (Å²) in [7, 11) is 0. The minimum Gasteiger partial charge on any atom is -0.493 e. The van der Waals surface area contributed by atoms with Gasteiger partial charge in [-0.15, -0.1) is 0 Å². The first-order valence-electron chi connectivity index (χ1n) is 11.4. The van der Waals surface area contributed by atoms with E-state index in [1.807, 2.05) is 32.0 Å². The molecule has 0 radical (unpaired) electrons. The van der Waals surface area contributed by atoms with Gasteiger partial charge in [-0.1, -0.05) is 24.3 Å². The first kappa shape index (κ1) is 26.7. The van der Waals surface area contributed by atoms with Crippen LogP contribution >= 0.6 is 0 Å². The summed E-state index contributed by atoms with van der Waals surface area (Å²) in [5.74, 6) is 0.478. The van der Waals surface area contributed by atoms with E-state index in [0.717, 1.165) is 16.9 Å². The van der Waals surface area contributed by atoms with Crippen molar-refractivity contribution in [1.82, 2.24) is 5.32 Å². The Morgan fingerprint density at radius 3 is 2.00 bits per heavy atom. The zero-order valence-electron chi connectivity index (χ0n) is 20.6. The molecule has 0 saturated carbocycles. The van der Waals surface area contributed by atoms with E-state index in [0.29, 0.717) is 30.8 Å². The summed E-state index contributed by atoms with van der Waals surface area (Å²) >= 11 is 0. The van der Waals surface area contributed by atoms with Gasteiger partial charge in [0.05, 0.1) is 6.61 Å². The Bertz CT molecular complexity index is 978. The Kier molecular flexibility index (Phi) is 9.92. The predicted octanol–water partition coefficient (Wildman–Crippen LogP) is 4.95. The quantitative estimate of drug-likeness (QED) is 0.427. The molecular formula is C26H35N3O5. The average Bonchev–Trinajstić information content (AvgIpc) is 2.71. The number of aryl methyl sites for hydroxylation is 2. The number of alkyl carbamates (subject to hydrolysis) is 1. The van der Waals surface area contributed by atoms with Crippen LogP contribution < -0.4 is 20.7 Å². The van der Waals surface area contributed by atoms with Crippen LogP contribution in [-0.4, -0.2) is 36.7 Å². The molecule has 0 aliphatic carbocycles. The molecular weight excluding hydrogens is 434 g/mol. The van der Waals surface area contributed by atoms with E-state index in [9.17, 15) is 14.4 Å². The number of hydrogen-bond donors (Lipinski definition) is 3. The highest BCUT2D eigenvalue weighted by Gasteiger charge is 2.16. The maximum Gasteiger partial charge on any atom is 0.407 e. The average molecular weight is 470 g/mol. The van der Waals surface area contributed by atoms with Gasteiger partial charge in [0.15, 0.2) is 0 Å². The van der Waals surface area contributed by atoms with Crippen LogP contribution in [0.5, 0.6) is 5.75 Å². The predicted molar refractivity (Wildman–Crippen MR) is 133 cm³/mol. The lowest BCUT2D eigenvalue weighted by molar-refractivity contribution is -0.117. The molecule has 0 aromatic heterocycles. The number of nitrogens with one attached hydrogen (secondary N) is 3. The van der Waals surface area contributed by atoms with Gasteiger partial charge in [-0.25, -0.2) is 4.79 Å².